The van der Waals surface area contributed by atoms with E-state index < -0.39 is 0 Å². The fourth-order valence-electron chi connectivity index (χ4n) is 2.62. The first-order chi connectivity index (χ1) is 10.6. The van der Waals surface area contributed by atoms with Gasteiger partial charge in [-0.15, -0.1) is 0 Å². The van der Waals surface area contributed by atoms with Crippen LogP contribution in [-0.2, 0) is 0 Å². The molecular weight excluding hydrogens is 286 g/mol. The number of nitrogens with zero attached hydrogens (tertiary/aromatic N) is 1. The number of rotatable bonds is 2. The molecule has 0 atom stereocenters. The molecule has 0 saturated carbocycles. The predicted octanol–water partition coefficient (Wildman–Crippen LogP) is 5.59. The molecular formula is C20H24NO2. The summed E-state index contributed by atoms with van der Waals surface area (Å²) in [6, 6.07) is 12.1. The molecule has 3 heteroatoms. The number of hydrogen-bond donors (Lipinski definition) is 0. The molecule has 0 N–H and O–H groups in total. The van der Waals surface area contributed by atoms with Crippen molar-refractivity contribution in [3.63, 3.8) is 0 Å². The SMILES string of the molecule is CC(C)(C)Oc1ccc2c(c1)-c1cc(OC(C)(C)C)ccc1[N]2. The Balaban J connectivity index is 1.97. The van der Waals surface area contributed by atoms with Crippen molar-refractivity contribution < 1.29 is 9.47 Å². The Labute approximate surface area is 138 Å². The minimum Gasteiger partial charge on any atom is -0.488 e. The van der Waals surface area contributed by atoms with Crippen LogP contribution < -0.4 is 14.8 Å². The molecule has 3 rings (SSSR count). The Bertz CT molecular complexity index is 673. The highest BCUT2D eigenvalue weighted by Crippen LogP contribution is 2.46. The minimum atomic E-state index is -0.218. The monoisotopic (exact) mass is 310 g/mol. The molecule has 3 nitrogen and oxygen atoms in total. The van der Waals surface area contributed by atoms with E-state index >= 15 is 0 Å². The van der Waals surface area contributed by atoms with E-state index in [0.29, 0.717) is 0 Å². The lowest BCUT2D eigenvalue weighted by molar-refractivity contribution is 0.130. The summed E-state index contributed by atoms with van der Waals surface area (Å²) in [6.07, 6.45) is 0. The van der Waals surface area contributed by atoms with Gasteiger partial charge >= 0.3 is 0 Å². The van der Waals surface area contributed by atoms with E-state index in [4.69, 9.17) is 9.47 Å². The summed E-state index contributed by atoms with van der Waals surface area (Å²) in [6.45, 7) is 12.3. The summed E-state index contributed by atoms with van der Waals surface area (Å²) in [5, 5.41) is 4.68. The first kappa shape index (κ1) is 15.7. The highest BCUT2D eigenvalue weighted by atomic mass is 16.5. The van der Waals surface area contributed by atoms with Gasteiger partial charge in [-0.1, -0.05) is 0 Å². The average molecular weight is 310 g/mol. The van der Waals surface area contributed by atoms with E-state index in [1.54, 1.807) is 0 Å². The van der Waals surface area contributed by atoms with Gasteiger partial charge in [-0.05, 0) is 77.9 Å². The lowest BCUT2D eigenvalue weighted by Crippen LogP contribution is -2.23. The van der Waals surface area contributed by atoms with E-state index in [9.17, 15) is 0 Å². The highest BCUT2D eigenvalue weighted by molar-refractivity contribution is 5.91. The van der Waals surface area contributed by atoms with E-state index in [1.165, 1.54) is 0 Å². The third-order valence-corrected chi connectivity index (χ3v) is 3.32. The first-order valence-electron chi connectivity index (χ1n) is 7.99. The second-order valence-electron chi connectivity index (χ2n) is 7.90. The molecule has 1 radical (unpaired) electrons. The Morgan fingerprint density at radius 3 is 1.39 bits per heavy atom. The van der Waals surface area contributed by atoms with Crippen molar-refractivity contribution in [1.82, 2.24) is 5.32 Å². The van der Waals surface area contributed by atoms with Crippen molar-refractivity contribution in [3.8, 4) is 22.6 Å². The molecule has 1 aliphatic heterocycles. The molecule has 1 heterocycles. The van der Waals surface area contributed by atoms with Gasteiger partial charge in [0.15, 0.2) is 0 Å². The lowest BCUT2D eigenvalue weighted by Gasteiger charge is -2.22. The minimum absolute atomic E-state index is 0.218. The van der Waals surface area contributed by atoms with Gasteiger partial charge in [0.2, 0.25) is 0 Å². The summed E-state index contributed by atoms with van der Waals surface area (Å²) >= 11 is 0. The number of benzene rings is 2. The Kier molecular flexibility index (Phi) is 3.55. The number of fused-ring (bicyclic) bond motifs is 3. The molecule has 0 unspecified atom stereocenters. The zero-order valence-electron chi connectivity index (χ0n) is 14.7. The highest BCUT2D eigenvalue weighted by Gasteiger charge is 2.23. The summed E-state index contributed by atoms with van der Waals surface area (Å²) in [4.78, 5) is 0. The van der Waals surface area contributed by atoms with Crippen molar-refractivity contribution in [3.05, 3.63) is 36.4 Å². The van der Waals surface area contributed by atoms with Crippen LogP contribution in [0.5, 0.6) is 11.5 Å². The first-order valence-corrected chi connectivity index (χ1v) is 7.99. The zero-order chi connectivity index (χ0) is 16.8. The third kappa shape index (κ3) is 3.61. The van der Waals surface area contributed by atoms with Crippen LogP contribution in [-0.4, -0.2) is 11.2 Å². The maximum Gasteiger partial charge on any atom is 0.120 e. The topological polar surface area (TPSA) is 32.6 Å². The van der Waals surface area contributed by atoms with Crippen molar-refractivity contribution >= 4 is 11.4 Å². The van der Waals surface area contributed by atoms with Gasteiger partial charge in [-0.2, -0.15) is 0 Å². The number of hydrogen-bond acceptors (Lipinski definition) is 2. The summed E-state index contributed by atoms with van der Waals surface area (Å²) in [7, 11) is 0. The van der Waals surface area contributed by atoms with Crippen LogP contribution in [0.25, 0.3) is 11.1 Å². The van der Waals surface area contributed by atoms with Gasteiger partial charge < -0.3 is 9.47 Å². The van der Waals surface area contributed by atoms with Gasteiger partial charge in [0, 0.05) is 11.1 Å². The molecule has 0 spiro atoms. The van der Waals surface area contributed by atoms with Crippen LogP contribution >= 0.6 is 0 Å². The second kappa shape index (κ2) is 5.19. The molecule has 0 fully saturated rings. The van der Waals surface area contributed by atoms with Gasteiger partial charge in [0.05, 0.1) is 11.4 Å². The van der Waals surface area contributed by atoms with Crippen molar-refractivity contribution in [2.45, 2.75) is 52.7 Å². The summed E-state index contributed by atoms with van der Waals surface area (Å²) in [5.41, 5.74) is 3.72. The van der Waals surface area contributed by atoms with Gasteiger partial charge in [0.25, 0.3) is 0 Å². The maximum atomic E-state index is 5.98. The number of ether oxygens (including phenoxy) is 2. The maximum absolute atomic E-state index is 5.98. The van der Waals surface area contributed by atoms with E-state index in [0.717, 1.165) is 34.0 Å². The quantitative estimate of drug-likeness (QED) is 0.618. The average Bonchev–Trinajstić information content (AvgIpc) is 2.73. The van der Waals surface area contributed by atoms with E-state index in [-0.39, 0.29) is 11.2 Å². The van der Waals surface area contributed by atoms with Crippen LogP contribution in [0.3, 0.4) is 0 Å². The molecule has 0 amide bonds. The molecule has 1 aliphatic rings. The molecule has 121 valence electrons. The van der Waals surface area contributed by atoms with Gasteiger partial charge in [-0.3, -0.25) is 0 Å². The largest absolute Gasteiger partial charge is 0.488 e. The normalized spacial score (nSPS) is 13.1. The standard InChI is InChI=1S/C20H24NO2/c1-19(2,3)22-13-7-9-17-15(11-13)16-12-14(23-20(4,5)6)8-10-18(16)21-17/h7-12H,1-6H3. The van der Waals surface area contributed by atoms with E-state index in [1.807, 2.05) is 65.8 Å². The van der Waals surface area contributed by atoms with Crippen LogP contribution in [0, 0.1) is 0 Å². The van der Waals surface area contributed by atoms with Gasteiger partial charge in [-0.25, -0.2) is 5.32 Å². The molecule has 0 bridgehead atoms. The molecule has 0 aromatic heterocycles. The van der Waals surface area contributed by atoms with Crippen LogP contribution in [0.1, 0.15) is 41.5 Å². The summed E-state index contributed by atoms with van der Waals surface area (Å²) in [5.74, 6) is 1.72. The molecule has 2 aromatic carbocycles. The Morgan fingerprint density at radius 1 is 0.652 bits per heavy atom. The molecule has 23 heavy (non-hydrogen) atoms. The van der Waals surface area contributed by atoms with Crippen LogP contribution in [0.15, 0.2) is 36.4 Å². The summed E-state index contributed by atoms with van der Waals surface area (Å²) < 4.78 is 12.0. The second-order valence-corrected chi connectivity index (χ2v) is 7.90. The van der Waals surface area contributed by atoms with Crippen molar-refractivity contribution in [1.29, 1.82) is 0 Å². The third-order valence-electron chi connectivity index (χ3n) is 3.32. The van der Waals surface area contributed by atoms with Crippen molar-refractivity contribution in [2.75, 3.05) is 0 Å². The lowest BCUT2D eigenvalue weighted by atomic mass is 10.0. The van der Waals surface area contributed by atoms with E-state index in [2.05, 4.69) is 17.4 Å². The molecule has 0 saturated heterocycles. The Morgan fingerprint density at radius 2 is 1.04 bits per heavy atom. The Hall–Kier alpha value is -2.16. The zero-order valence-corrected chi connectivity index (χ0v) is 14.7. The van der Waals surface area contributed by atoms with Crippen LogP contribution in [0.4, 0.5) is 11.4 Å². The fraction of sp³-hybridized carbons (Fsp3) is 0.400. The fourth-order valence-corrected chi connectivity index (χ4v) is 2.62. The van der Waals surface area contributed by atoms with Crippen LogP contribution in [0.2, 0.25) is 0 Å². The van der Waals surface area contributed by atoms with Crippen molar-refractivity contribution in [2.24, 2.45) is 0 Å². The predicted molar refractivity (Wildman–Crippen MR) is 94.1 cm³/mol. The molecule has 0 aliphatic carbocycles. The smallest absolute Gasteiger partial charge is 0.120 e. The van der Waals surface area contributed by atoms with Gasteiger partial charge in [0.1, 0.15) is 22.7 Å². The molecule has 2 aromatic rings.